The minimum absolute atomic E-state index is 0.502. The van der Waals surface area contributed by atoms with Crippen LogP contribution in [0.5, 0.6) is 0 Å². The van der Waals surface area contributed by atoms with Crippen molar-refractivity contribution in [1.82, 2.24) is 10.3 Å². The van der Waals surface area contributed by atoms with Crippen molar-refractivity contribution >= 4 is 11.8 Å². The highest BCUT2D eigenvalue weighted by Gasteiger charge is 2.09. The zero-order valence-electron chi connectivity index (χ0n) is 12.8. The smallest absolute Gasteiger partial charge is 0.261 e. The van der Waals surface area contributed by atoms with Gasteiger partial charge in [0, 0.05) is 17.5 Å². The first-order valence-corrected chi connectivity index (χ1v) is 7.72. The summed E-state index contributed by atoms with van der Waals surface area (Å²) in [5.74, 6) is 0.892. The average Bonchev–Trinajstić information content (AvgIpc) is 2.69. The highest BCUT2D eigenvalue weighted by atomic mass is 32.2. The summed E-state index contributed by atoms with van der Waals surface area (Å²) >= 11 is 1.58. The summed E-state index contributed by atoms with van der Waals surface area (Å²) in [5, 5.41) is 4.15. The van der Waals surface area contributed by atoms with Gasteiger partial charge < -0.3 is 9.73 Å². The zero-order valence-corrected chi connectivity index (χ0v) is 13.6. The molecule has 2 rings (SSSR count). The van der Waals surface area contributed by atoms with Gasteiger partial charge in [-0.25, -0.2) is 4.98 Å². The Bertz CT molecular complexity index is 571. The van der Waals surface area contributed by atoms with E-state index in [-0.39, 0.29) is 0 Å². The van der Waals surface area contributed by atoms with Crippen molar-refractivity contribution in [3.8, 4) is 0 Å². The summed E-state index contributed by atoms with van der Waals surface area (Å²) < 4.78 is 5.62. The molecule has 4 heteroatoms. The molecular weight excluding hydrogens is 268 g/mol. The van der Waals surface area contributed by atoms with Crippen LogP contribution in [-0.2, 0) is 6.54 Å². The van der Waals surface area contributed by atoms with E-state index in [0.717, 1.165) is 23.2 Å². The first kappa shape index (κ1) is 15.1. The molecule has 0 bridgehead atoms. The third-order valence-corrected chi connectivity index (χ3v) is 4.19. The minimum Gasteiger partial charge on any atom is -0.436 e. The van der Waals surface area contributed by atoms with Crippen LogP contribution >= 0.6 is 11.8 Å². The molecule has 2 aromatic rings. The highest BCUT2D eigenvalue weighted by molar-refractivity contribution is 7.99. The second-order valence-corrected chi connectivity index (χ2v) is 6.35. The first-order valence-electron chi connectivity index (χ1n) is 6.90. The maximum atomic E-state index is 5.62. The summed E-state index contributed by atoms with van der Waals surface area (Å²) in [7, 11) is 0. The molecule has 0 amide bonds. The van der Waals surface area contributed by atoms with Gasteiger partial charge in [-0.2, -0.15) is 0 Å². The van der Waals surface area contributed by atoms with Crippen molar-refractivity contribution in [2.24, 2.45) is 0 Å². The van der Waals surface area contributed by atoms with Gasteiger partial charge in [0.25, 0.3) is 5.22 Å². The number of hydrogen-bond donors (Lipinski definition) is 1. The number of rotatable bonds is 5. The lowest BCUT2D eigenvalue weighted by Crippen LogP contribution is -2.21. The molecule has 20 heavy (non-hydrogen) atoms. The Labute approximate surface area is 125 Å². The van der Waals surface area contributed by atoms with E-state index in [0.29, 0.717) is 6.04 Å². The van der Waals surface area contributed by atoms with Crippen LogP contribution in [0.25, 0.3) is 0 Å². The fourth-order valence-electron chi connectivity index (χ4n) is 1.84. The van der Waals surface area contributed by atoms with Gasteiger partial charge in [-0.05, 0) is 49.7 Å². The number of hydrogen-bond acceptors (Lipinski definition) is 4. The summed E-state index contributed by atoms with van der Waals surface area (Å²) in [6.07, 6.45) is 0. The molecular formula is C16H22N2OS. The molecule has 1 aromatic heterocycles. The van der Waals surface area contributed by atoms with Crippen LogP contribution in [0.3, 0.4) is 0 Å². The Kier molecular flexibility index (Phi) is 4.89. The molecule has 1 N–H and O–H groups in total. The van der Waals surface area contributed by atoms with E-state index in [9.17, 15) is 0 Å². The quantitative estimate of drug-likeness (QED) is 0.893. The fourth-order valence-corrected chi connectivity index (χ4v) is 2.73. The molecule has 0 atom stereocenters. The predicted molar refractivity (Wildman–Crippen MR) is 83.3 cm³/mol. The lowest BCUT2D eigenvalue weighted by molar-refractivity contribution is 0.431. The van der Waals surface area contributed by atoms with Crippen molar-refractivity contribution in [3.63, 3.8) is 0 Å². The minimum atomic E-state index is 0.502. The highest BCUT2D eigenvalue weighted by Crippen LogP contribution is 2.31. The molecule has 0 radical (unpaired) electrons. The van der Waals surface area contributed by atoms with Gasteiger partial charge in [-0.1, -0.05) is 26.0 Å². The third kappa shape index (κ3) is 3.87. The van der Waals surface area contributed by atoms with Crippen molar-refractivity contribution in [2.45, 2.75) is 57.3 Å². The molecule has 0 aliphatic rings. The summed E-state index contributed by atoms with van der Waals surface area (Å²) in [4.78, 5) is 5.61. The number of oxazole rings is 1. The molecule has 0 saturated carbocycles. The molecule has 3 nitrogen and oxygen atoms in total. The molecule has 0 aliphatic carbocycles. The van der Waals surface area contributed by atoms with Gasteiger partial charge in [-0.15, -0.1) is 0 Å². The summed E-state index contributed by atoms with van der Waals surface area (Å²) in [6.45, 7) is 11.3. The first-order chi connectivity index (χ1) is 9.45. The Balaban J connectivity index is 2.09. The summed E-state index contributed by atoms with van der Waals surface area (Å²) in [5.41, 5.74) is 3.52. The molecule has 0 aliphatic heterocycles. The topological polar surface area (TPSA) is 38.1 Å². The Morgan fingerprint density at radius 1 is 1.25 bits per heavy atom. The second kappa shape index (κ2) is 6.46. The number of aryl methyl sites for hydroxylation is 3. The van der Waals surface area contributed by atoms with Crippen molar-refractivity contribution in [1.29, 1.82) is 0 Å². The summed E-state index contributed by atoms with van der Waals surface area (Å²) in [6, 6.07) is 7.03. The van der Waals surface area contributed by atoms with Crippen LogP contribution in [0.1, 0.15) is 36.4 Å². The van der Waals surface area contributed by atoms with E-state index in [2.05, 4.69) is 49.3 Å². The Morgan fingerprint density at radius 3 is 2.55 bits per heavy atom. The van der Waals surface area contributed by atoms with E-state index in [1.807, 2.05) is 13.8 Å². The molecule has 0 spiro atoms. The number of aromatic nitrogens is 1. The van der Waals surface area contributed by atoms with Crippen molar-refractivity contribution in [2.75, 3.05) is 0 Å². The van der Waals surface area contributed by atoms with E-state index in [4.69, 9.17) is 4.42 Å². The molecule has 1 aromatic carbocycles. The van der Waals surface area contributed by atoms with Crippen LogP contribution < -0.4 is 5.32 Å². The SMILES string of the molecule is Cc1cc(CNC(C)C)ccc1Sc1nc(C)c(C)o1. The van der Waals surface area contributed by atoms with E-state index in [1.165, 1.54) is 16.0 Å². The normalized spacial score (nSPS) is 11.3. The lowest BCUT2D eigenvalue weighted by Gasteiger charge is -2.10. The predicted octanol–water partition coefficient (Wildman–Crippen LogP) is 4.25. The number of nitrogens with zero attached hydrogens (tertiary/aromatic N) is 1. The number of benzene rings is 1. The molecule has 0 unspecified atom stereocenters. The van der Waals surface area contributed by atoms with Crippen LogP contribution in [0.4, 0.5) is 0 Å². The van der Waals surface area contributed by atoms with Crippen LogP contribution in [0.15, 0.2) is 32.7 Å². The van der Waals surface area contributed by atoms with E-state index >= 15 is 0 Å². The maximum absolute atomic E-state index is 5.62. The van der Waals surface area contributed by atoms with Crippen LogP contribution in [0.2, 0.25) is 0 Å². The van der Waals surface area contributed by atoms with Gasteiger partial charge >= 0.3 is 0 Å². The van der Waals surface area contributed by atoms with Crippen LogP contribution in [0, 0.1) is 20.8 Å². The Hall–Kier alpha value is -1.26. The number of nitrogens with one attached hydrogen (secondary N) is 1. The molecule has 0 saturated heterocycles. The van der Waals surface area contributed by atoms with Gasteiger partial charge in [-0.3, -0.25) is 0 Å². The standard InChI is InChI=1S/C16H22N2OS/c1-10(2)17-9-14-6-7-15(11(3)8-14)20-16-18-12(4)13(5)19-16/h6-8,10,17H,9H2,1-5H3. The van der Waals surface area contributed by atoms with Crippen molar-refractivity contribution < 1.29 is 4.42 Å². The monoisotopic (exact) mass is 290 g/mol. The molecule has 108 valence electrons. The third-order valence-electron chi connectivity index (χ3n) is 3.16. The van der Waals surface area contributed by atoms with Gasteiger partial charge in [0.15, 0.2) is 0 Å². The fraction of sp³-hybridized carbons (Fsp3) is 0.438. The zero-order chi connectivity index (χ0) is 14.7. The average molecular weight is 290 g/mol. The maximum Gasteiger partial charge on any atom is 0.261 e. The second-order valence-electron chi connectivity index (χ2n) is 5.36. The van der Waals surface area contributed by atoms with Gasteiger partial charge in [0.1, 0.15) is 5.76 Å². The van der Waals surface area contributed by atoms with Gasteiger partial charge in [0.2, 0.25) is 0 Å². The largest absolute Gasteiger partial charge is 0.436 e. The van der Waals surface area contributed by atoms with Gasteiger partial charge in [0.05, 0.1) is 5.69 Å². The van der Waals surface area contributed by atoms with Crippen molar-refractivity contribution in [3.05, 3.63) is 40.8 Å². The van der Waals surface area contributed by atoms with E-state index < -0.39 is 0 Å². The lowest BCUT2D eigenvalue weighted by atomic mass is 10.1. The van der Waals surface area contributed by atoms with E-state index in [1.54, 1.807) is 11.8 Å². The van der Waals surface area contributed by atoms with Crippen LogP contribution in [-0.4, -0.2) is 11.0 Å². The Morgan fingerprint density at radius 2 is 2.00 bits per heavy atom. The molecule has 0 fully saturated rings. The molecule has 1 heterocycles.